The number of ether oxygens (including phenoxy) is 1. The maximum absolute atomic E-state index is 13.1. The van der Waals surface area contributed by atoms with Gasteiger partial charge in [-0.25, -0.2) is 0 Å². The molecule has 1 aliphatic rings. The van der Waals surface area contributed by atoms with Crippen LogP contribution in [-0.4, -0.2) is 27.8 Å². The number of rotatable bonds is 6. The van der Waals surface area contributed by atoms with Gasteiger partial charge in [0.15, 0.2) is 5.69 Å². The Balaban J connectivity index is 1.82. The Morgan fingerprint density at radius 3 is 2.42 bits per heavy atom. The Labute approximate surface area is 149 Å². The van der Waals surface area contributed by atoms with Gasteiger partial charge in [0, 0.05) is 18.4 Å². The summed E-state index contributed by atoms with van der Waals surface area (Å²) in [6.45, 7) is 0.0372. The molecule has 0 saturated heterocycles. The van der Waals surface area contributed by atoms with E-state index in [1.165, 1.54) is 0 Å². The minimum absolute atomic E-state index is 0.0234. The van der Waals surface area contributed by atoms with E-state index >= 15 is 0 Å². The highest BCUT2D eigenvalue weighted by Gasteiger charge is 2.34. The van der Waals surface area contributed by atoms with Crippen LogP contribution in [0.15, 0.2) is 30.3 Å². The van der Waals surface area contributed by atoms with Crippen LogP contribution in [0.5, 0.6) is 6.01 Å². The number of aliphatic hydroxyl groups excluding tert-OH is 1. The van der Waals surface area contributed by atoms with E-state index in [4.69, 9.17) is 9.84 Å². The van der Waals surface area contributed by atoms with Gasteiger partial charge in [0.1, 0.15) is 11.9 Å². The zero-order valence-corrected chi connectivity index (χ0v) is 14.1. The number of alkyl halides is 3. The van der Waals surface area contributed by atoms with E-state index < -0.39 is 11.9 Å². The van der Waals surface area contributed by atoms with Crippen molar-refractivity contribution in [2.45, 2.75) is 44.4 Å². The van der Waals surface area contributed by atoms with E-state index in [0.29, 0.717) is 12.1 Å². The van der Waals surface area contributed by atoms with Gasteiger partial charge in [-0.15, -0.1) is 0 Å². The fraction of sp³-hybridized carbons (Fsp3) is 0.444. The van der Waals surface area contributed by atoms with Gasteiger partial charge in [-0.1, -0.05) is 12.1 Å². The molecule has 0 spiro atoms. The number of benzene rings is 1. The normalized spacial score (nSPS) is 15.2. The maximum atomic E-state index is 13.1. The van der Waals surface area contributed by atoms with Crippen LogP contribution in [-0.2, 0) is 12.6 Å². The Morgan fingerprint density at radius 1 is 1.12 bits per heavy atom. The first-order valence-electron chi connectivity index (χ1n) is 8.54. The van der Waals surface area contributed by atoms with Crippen molar-refractivity contribution in [3.8, 4) is 6.01 Å². The number of hydrogen-bond donors (Lipinski definition) is 2. The standard InChI is InChI=1S/C18H20F3N3O2/c19-18(20,21)15-11-16(22-13-7-5-12(6-8-13)9-10-25)24-17(23-15)26-14-3-1-2-4-14/h5-8,11,14,25H,1-4,9-10H2,(H,22,23,24). The highest BCUT2D eigenvalue weighted by Crippen LogP contribution is 2.32. The Bertz CT molecular complexity index is 729. The molecule has 5 nitrogen and oxygen atoms in total. The first-order chi connectivity index (χ1) is 12.4. The van der Waals surface area contributed by atoms with Crippen LogP contribution < -0.4 is 10.1 Å². The van der Waals surface area contributed by atoms with Gasteiger partial charge in [-0.05, 0) is 49.8 Å². The summed E-state index contributed by atoms with van der Waals surface area (Å²) < 4.78 is 45.0. The van der Waals surface area contributed by atoms with Crippen molar-refractivity contribution in [3.63, 3.8) is 0 Å². The largest absolute Gasteiger partial charge is 0.460 e. The Kier molecular flexibility index (Phi) is 5.61. The van der Waals surface area contributed by atoms with Gasteiger partial charge in [-0.2, -0.15) is 23.1 Å². The van der Waals surface area contributed by atoms with Crippen molar-refractivity contribution in [2.24, 2.45) is 0 Å². The first-order valence-corrected chi connectivity index (χ1v) is 8.54. The van der Waals surface area contributed by atoms with E-state index in [1.54, 1.807) is 24.3 Å². The summed E-state index contributed by atoms with van der Waals surface area (Å²) in [4.78, 5) is 7.60. The van der Waals surface area contributed by atoms with Crippen LogP contribution in [0, 0.1) is 0 Å². The minimum atomic E-state index is -4.59. The van der Waals surface area contributed by atoms with Crippen LogP contribution >= 0.6 is 0 Å². The highest BCUT2D eigenvalue weighted by atomic mass is 19.4. The Hall–Kier alpha value is -2.35. The predicted octanol–water partition coefficient (Wildman–Crippen LogP) is 4.10. The SMILES string of the molecule is OCCc1ccc(Nc2cc(C(F)(F)F)nc(OC3CCCC3)n2)cc1. The summed E-state index contributed by atoms with van der Waals surface area (Å²) in [5.74, 6) is 0.0234. The molecule has 0 bridgehead atoms. The summed E-state index contributed by atoms with van der Waals surface area (Å²) >= 11 is 0. The molecule has 0 aliphatic heterocycles. The minimum Gasteiger partial charge on any atom is -0.460 e. The average molecular weight is 367 g/mol. The molecule has 1 aliphatic carbocycles. The molecule has 3 rings (SSSR count). The summed E-state index contributed by atoms with van der Waals surface area (Å²) in [5.41, 5.74) is 0.479. The quantitative estimate of drug-likeness (QED) is 0.805. The lowest BCUT2D eigenvalue weighted by atomic mass is 10.1. The van der Waals surface area contributed by atoms with Gasteiger partial charge in [0.2, 0.25) is 0 Å². The van der Waals surface area contributed by atoms with Gasteiger partial charge < -0.3 is 15.2 Å². The lowest BCUT2D eigenvalue weighted by Gasteiger charge is -2.15. The van der Waals surface area contributed by atoms with Gasteiger partial charge in [0.25, 0.3) is 0 Å². The summed E-state index contributed by atoms with van der Waals surface area (Å²) in [5, 5.41) is 11.8. The third-order valence-corrected chi connectivity index (χ3v) is 4.20. The second-order valence-corrected chi connectivity index (χ2v) is 6.24. The average Bonchev–Trinajstić information content (AvgIpc) is 3.09. The lowest BCUT2D eigenvalue weighted by Crippen LogP contribution is -2.16. The van der Waals surface area contributed by atoms with Crippen LogP contribution in [0.3, 0.4) is 0 Å². The van der Waals surface area contributed by atoms with Crippen LogP contribution in [0.4, 0.5) is 24.7 Å². The fourth-order valence-corrected chi connectivity index (χ4v) is 2.87. The summed E-state index contributed by atoms with van der Waals surface area (Å²) in [7, 11) is 0. The van der Waals surface area contributed by atoms with Crippen molar-refractivity contribution in [1.29, 1.82) is 0 Å². The summed E-state index contributed by atoms with van der Waals surface area (Å²) in [6, 6.07) is 7.63. The maximum Gasteiger partial charge on any atom is 0.433 e. The monoisotopic (exact) mass is 367 g/mol. The topological polar surface area (TPSA) is 67.3 Å². The molecular weight excluding hydrogens is 347 g/mol. The van der Waals surface area contributed by atoms with Crippen molar-refractivity contribution in [3.05, 3.63) is 41.6 Å². The molecule has 1 heterocycles. The van der Waals surface area contributed by atoms with Crippen LogP contribution in [0.1, 0.15) is 36.9 Å². The number of nitrogens with zero attached hydrogens (tertiary/aromatic N) is 2. The zero-order chi connectivity index (χ0) is 18.6. The van der Waals surface area contributed by atoms with E-state index in [9.17, 15) is 13.2 Å². The zero-order valence-electron chi connectivity index (χ0n) is 14.1. The van der Waals surface area contributed by atoms with Crippen molar-refractivity contribution < 1.29 is 23.0 Å². The molecule has 0 atom stereocenters. The second kappa shape index (κ2) is 7.90. The first kappa shape index (κ1) is 18.4. The summed E-state index contributed by atoms with van der Waals surface area (Å²) in [6.07, 6.45) is -0.611. The van der Waals surface area contributed by atoms with Gasteiger partial charge >= 0.3 is 12.2 Å². The van der Waals surface area contributed by atoms with Crippen molar-refractivity contribution in [1.82, 2.24) is 9.97 Å². The molecule has 0 unspecified atom stereocenters. The van der Waals surface area contributed by atoms with Crippen LogP contribution in [0.2, 0.25) is 0 Å². The predicted molar refractivity (Wildman–Crippen MR) is 90.4 cm³/mol. The van der Waals surface area contributed by atoms with E-state index in [0.717, 1.165) is 37.3 Å². The van der Waals surface area contributed by atoms with Crippen molar-refractivity contribution in [2.75, 3.05) is 11.9 Å². The molecular formula is C18H20F3N3O2. The number of hydrogen-bond acceptors (Lipinski definition) is 5. The number of aromatic nitrogens is 2. The molecule has 0 amide bonds. The van der Waals surface area contributed by atoms with E-state index in [-0.39, 0.29) is 24.5 Å². The third-order valence-electron chi connectivity index (χ3n) is 4.20. The smallest absolute Gasteiger partial charge is 0.433 e. The molecule has 2 N–H and O–H groups in total. The molecule has 1 saturated carbocycles. The number of aliphatic hydroxyl groups is 1. The Morgan fingerprint density at radius 2 is 1.81 bits per heavy atom. The van der Waals surface area contributed by atoms with Gasteiger partial charge in [0.05, 0.1) is 0 Å². The lowest BCUT2D eigenvalue weighted by molar-refractivity contribution is -0.141. The molecule has 1 aromatic carbocycles. The van der Waals surface area contributed by atoms with E-state index in [2.05, 4.69) is 15.3 Å². The van der Waals surface area contributed by atoms with Gasteiger partial charge in [-0.3, -0.25) is 0 Å². The molecule has 1 aromatic heterocycles. The fourth-order valence-electron chi connectivity index (χ4n) is 2.87. The molecule has 140 valence electrons. The molecule has 1 fully saturated rings. The number of halogens is 3. The molecule has 0 radical (unpaired) electrons. The van der Waals surface area contributed by atoms with Crippen LogP contribution in [0.25, 0.3) is 0 Å². The third kappa shape index (κ3) is 4.85. The highest BCUT2D eigenvalue weighted by molar-refractivity contribution is 5.57. The van der Waals surface area contributed by atoms with E-state index in [1.807, 2.05) is 0 Å². The number of anilines is 2. The molecule has 8 heteroatoms. The number of nitrogens with one attached hydrogen (secondary N) is 1. The molecule has 2 aromatic rings. The second-order valence-electron chi connectivity index (χ2n) is 6.24. The van der Waals surface area contributed by atoms with Crippen molar-refractivity contribution >= 4 is 11.5 Å². The molecule has 26 heavy (non-hydrogen) atoms.